The Morgan fingerprint density at radius 3 is 2.92 bits per heavy atom. The number of carbonyl (C=O) groups is 1. The Morgan fingerprint density at radius 1 is 1.31 bits per heavy atom. The SMILES string of the molecule is CCN(Cc1noc(C2CCC2)n1)C(=O)NCCc1nc2c(s1)CCC2. The summed E-state index contributed by atoms with van der Waals surface area (Å²) < 4.78 is 5.34. The smallest absolute Gasteiger partial charge is 0.317 e. The van der Waals surface area contributed by atoms with Crippen molar-refractivity contribution in [2.24, 2.45) is 0 Å². The summed E-state index contributed by atoms with van der Waals surface area (Å²) in [6.45, 7) is 3.54. The molecule has 2 heterocycles. The Kier molecular flexibility index (Phi) is 5.19. The molecule has 1 fully saturated rings. The minimum Gasteiger partial charge on any atom is -0.339 e. The van der Waals surface area contributed by atoms with E-state index in [1.807, 2.05) is 6.92 Å². The van der Waals surface area contributed by atoms with E-state index in [1.165, 1.54) is 23.4 Å². The number of hydrogen-bond donors (Lipinski definition) is 1. The molecule has 0 radical (unpaired) electrons. The normalized spacial score (nSPS) is 16.3. The highest BCUT2D eigenvalue weighted by molar-refractivity contribution is 7.11. The third-order valence-electron chi connectivity index (χ3n) is 5.19. The summed E-state index contributed by atoms with van der Waals surface area (Å²) in [5.74, 6) is 1.72. The Bertz CT molecular complexity index is 746. The zero-order chi connectivity index (χ0) is 17.9. The van der Waals surface area contributed by atoms with Crippen LogP contribution in [0.5, 0.6) is 0 Å². The van der Waals surface area contributed by atoms with E-state index in [-0.39, 0.29) is 6.03 Å². The summed E-state index contributed by atoms with van der Waals surface area (Å²) in [7, 11) is 0. The highest BCUT2D eigenvalue weighted by Crippen LogP contribution is 2.35. The van der Waals surface area contributed by atoms with Crippen LogP contribution in [0.3, 0.4) is 0 Å². The predicted octanol–water partition coefficient (Wildman–Crippen LogP) is 3.06. The fraction of sp³-hybridized carbons (Fsp3) is 0.667. The van der Waals surface area contributed by atoms with Gasteiger partial charge >= 0.3 is 6.03 Å². The summed E-state index contributed by atoms with van der Waals surface area (Å²) in [6.07, 6.45) is 7.77. The molecule has 2 aliphatic rings. The molecule has 0 saturated heterocycles. The standard InChI is InChI=1S/C18H25N5O2S/c1-2-23(11-15-21-17(25-22-15)12-5-3-6-12)18(24)19-10-9-16-20-13-7-4-8-14(13)26-16/h12H,2-11H2,1H3,(H,19,24). The monoisotopic (exact) mass is 375 g/mol. The maximum atomic E-state index is 12.4. The van der Waals surface area contributed by atoms with Crippen molar-refractivity contribution in [3.63, 3.8) is 0 Å². The van der Waals surface area contributed by atoms with Gasteiger partial charge in [0.25, 0.3) is 0 Å². The van der Waals surface area contributed by atoms with Crippen LogP contribution in [0.25, 0.3) is 0 Å². The first kappa shape index (κ1) is 17.5. The van der Waals surface area contributed by atoms with E-state index in [1.54, 1.807) is 16.2 Å². The maximum absolute atomic E-state index is 12.4. The van der Waals surface area contributed by atoms with Crippen LogP contribution >= 0.6 is 11.3 Å². The van der Waals surface area contributed by atoms with Gasteiger partial charge in [-0.1, -0.05) is 11.6 Å². The molecule has 4 rings (SSSR count). The number of thiazole rings is 1. The number of hydrogen-bond acceptors (Lipinski definition) is 6. The van der Waals surface area contributed by atoms with Crippen molar-refractivity contribution in [3.8, 4) is 0 Å². The van der Waals surface area contributed by atoms with Gasteiger partial charge in [0.1, 0.15) is 0 Å². The van der Waals surface area contributed by atoms with Crippen LogP contribution in [0.4, 0.5) is 4.79 Å². The van der Waals surface area contributed by atoms with Crippen LogP contribution in [0, 0.1) is 0 Å². The fourth-order valence-electron chi connectivity index (χ4n) is 3.39. The molecule has 8 heteroatoms. The molecule has 2 amide bonds. The first-order valence-corrected chi connectivity index (χ1v) is 10.4. The molecule has 1 N–H and O–H groups in total. The summed E-state index contributed by atoms with van der Waals surface area (Å²) in [5.41, 5.74) is 1.27. The van der Waals surface area contributed by atoms with Crippen LogP contribution < -0.4 is 5.32 Å². The molecule has 0 aromatic carbocycles. The van der Waals surface area contributed by atoms with Gasteiger partial charge in [0.15, 0.2) is 5.82 Å². The summed E-state index contributed by atoms with van der Waals surface area (Å²) in [5, 5.41) is 8.14. The minimum atomic E-state index is -0.0911. The molecule has 2 aromatic rings. The number of carbonyl (C=O) groups excluding carboxylic acids is 1. The van der Waals surface area contributed by atoms with E-state index < -0.39 is 0 Å². The molecule has 26 heavy (non-hydrogen) atoms. The number of rotatable bonds is 7. The Labute approximate surface area is 157 Å². The highest BCUT2D eigenvalue weighted by atomic mass is 32.1. The number of fused-ring (bicyclic) bond motifs is 1. The van der Waals surface area contributed by atoms with Crippen LogP contribution in [-0.4, -0.2) is 39.1 Å². The Morgan fingerprint density at radius 2 is 2.19 bits per heavy atom. The molecule has 2 aliphatic carbocycles. The van der Waals surface area contributed by atoms with Crippen molar-refractivity contribution in [2.75, 3.05) is 13.1 Å². The number of aryl methyl sites for hydroxylation is 2. The second-order valence-electron chi connectivity index (χ2n) is 7.00. The summed E-state index contributed by atoms with van der Waals surface area (Å²) in [4.78, 5) is 24.7. The highest BCUT2D eigenvalue weighted by Gasteiger charge is 2.26. The van der Waals surface area contributed by atoms with Crippen molar-refractivity contribution in [3.05, 3.63) is 27.3 Å². The van der Waals surface area contributed by atoms with Crippen LogP contribution in [0.2, 0.25) is 0 Å². The van der Waals surface area contributed by atoms with Crippen molar-refractivity contribution >= 4 is 17.4 Å². The third-order valence-corrected chi connectivity index (χ3v) is 6.41. The molecule has 7 nitrogen and oxygen atoms in total. The van der Waals surface area contributed by atoms with Gasteiger partial charge in [0, 0.05) is 30.3 Å². The number of nitrogens with one attached hydrogen (secondary N) is 1. The quantitative estimate of drug-likeness (QED) is 0.804. The maximum Gasteiger partial charge on any atom is 0.317 e. The van der Waals surface area contributed by atoms with Gasteiger partial charge in [-0.05, 0) is 39.0 Å². The van der Waals surface area contributed by atoms with Crippen LogP contribution in [0.15, 0.2) is 4.52 Å². The van der Waals surface area contributed by atoms with E-state index in [0.29, 0.717) is 31.4 Å². The second kappa shape index (κ2) is 7.73. The number of aromatic nitrogens is 3. The first-order chi connectivity index (χ1) is 12.7. The predicted molar refractivity (Wildman–Crippen MR) is 98.2 cm³/mol. The average molecular weight is 375 g/mol. The van der Waals surface area contributed by atoms with Gasteiger partial charge in [0.2, 0.25) is 5.89 Å². The molecular weight excluding hydrogens is 350 g/mol. The Hall–Kier alpha value is -1.96. The number of nitrogens with zero attached hydrogens (tertiary/aromatic N) is 4. The minimum absolute atomic E-state index is 0.0911. The van der Waals surface area contributed by atoms with Gasteiger partial charge < -0.3 is 14.7 Å². The lowest BCUT2D eigenvalue weighted by Crippen LogP contribution is -2.40. The first-order valence-electron chi connectivity index (χ1n) is 9.55. The van der Waals surface area contributed by atoms with Crippen molar-refractivity contribution in [2.45, 2.75) is 64.3 Å². The molecule has 1 saturated carbocycles. The van der Waals surface area contributed by atoms with E-state index in [9.17, 15) is 4.79 Å². The molecule has 0 unspecified atom stereocenters. The van der Waals surface area contributed by atoms with Gasteiger partial charge in [-0.25, -0.2) is 9.78 Å². The molecule has 140 valence electrons. The molecular formula is C18H25N5O2S. The van der Waals surface area contributed by atoms with E-state index in [4.69, 9.17) is 4.52 Å². The zero-order valence-corrected chi connectivity index (χ0v) is 16.0. The second-order valence-corrected chi connectivity index (χ2v) is 8.17. The molecule has 2 aromatic heterocycles. The molecule has 0 atom stereocenters. The van der Waals surface area contributed by atoms with Crippen LogP contribution in [-0.2, 0) is 25.8 Å². The summed E-state index contributed by atoms with van der Waals surface area (Å²) >= 11 is 1.80. The summed E-state index contributed by atoms with van der Waals surface area (Å²) in [6, 6.07) is -0.0911. The van der Waals surface area contributed by atoms with Gasteiger partial charge in [-0.2, -0.15) is 4.98 Å². The van der Waals surface area contributed by atoms with Gasteiger partial charge in [-0.3, -0.25) is 0 Å². The topological polar surface area (TPSA) is 84.2 Å². The third kappa shape index (κ3) is 3.75. The van der Waals surface area contributed by atoms with Crippen molar-refractivity contribution < 1.29 is 9.32 Å². The molecule has 0 bridgehead atoms. The van der Waals surface area contributed by atoms with Gasteiger partial charge in [0.05, 0.1) is 17.2 Å². The van der Waals surface area contributed by atoms with E-state index >= 15 is 0 Å². The zero-order valence-electron chi connectivity index (χ0n) is 15.2. The average Bonchev–Trinajstić information content (AvgIpc) is 3.27. The molecule has 0 spiro atoms. The lowest BCUT2D eigenvalue weighted by Gasteiger charge is -2.21. The van der Waals surface area contributed by atoms with E-state index in [2.05, 4.69) is 20.4 Å². The van der Waals surface area contributed by atoms with Crippen molar-refractivity contribution in [1.29, 1.82) is 0 Å². The largest absolute Gasteiger partial charge is 0.339 e. The Balaban J connectivity index is 1.25. The number of amides is 2. The number of urea groups is 1. The molecule has 0 aliphatic heterocycles. The van der Waals surface area contributed by atoms with E-state index in [0.717, 1.165) is 43.0 Å². The van der Waals surface area contributed by atoms with Gasteiger partial charge in [-0.15, -0.1) is 11.3 Å². The van der Waals surface area contributed by atoms with Crippen molar-refractivity contribution in [1.82, 2.24) is 25.3 Å². The fourth-order valence-corrected chi connectivity index (χ4v) is 4.55. The lowest BCUT2D eigenvalue weighted by atomic mass is 9.85. The lowest BCUT2D eigenvalue weighted by molar-refractivity contribution is 0.196. The van der Waals surface area contributed by atoms with Crippen LogP contribution in [0.1, 0.15) is 65.8 Å².